The highest BCUT2D eigenvalue weighted by Crippen LogP contribution is 2.29. The Kier molecular flexibility index (Phi) is 6.08. The number of aliphatic imine (C=N–C) groups is 1. The fourth-order valence-corrected chi connectivity index (χ4v) is 4.60. The number of carbonyl (C=O) groups excluding carboxylic acids is 1. The molecule has 30 heavy (non-hydrogen) atoms. The molecule has 0 unspecified atom stereocenters. The fourth-order valence-electron chi connectivity index (χ4n) is 3.63. The zero-order chi connectivity index (χ0) is 21.1. The molecule has 0 N–H and O–H groups in total. The maximum Gasteiger partial charge on any atom is 0.419 e. The van der Waals surface area contributed by atoms with Crippen LogP contribution in [0.1, 0.15) is 38.2 Å². The molecule has 3 aromatic rings. The van der Waals surface area contributed by atoms with Crippen molar-refractivity contribution in [1.82, 2.24) is 9.47 Å². The van der Waals surface area contributed by atoms with Gasteiger partial charge in [0.2, 0.25) is 5.91 Å². The average molecular weight is 424 g/mol. The predicted octanol–water partition coefficient (Wildman–Crippen LogP) is 4.76. The normalized spacial score (nSPS) is 16.0. The molecule has 1 aromatic heterocycles. The quantitative estimate of drug-likeness (QED) is 0.593. The lowest BCUT2D eigenvalue weighted by atomic mass is 10.0. The average Bonchev–Trinajstić information content (AvgIpc) is 3.07. The third-order valence-corrected chi connectivity index (χ3v) is 6.25. The molecule has 1 saturated heterocycles. The number of fused-ring (bicyclic) bond motifs is 1. The lowest BCUT2D eigenvalue weighted by Crippen LogP contribution is -2.39. The molecule has 2 aromatic carbocycles. The molecule has 0 radical (unpaired) electrons. The van der Waals surface area contributed by atoms with E-state index in [1.807, 2.05) is 36.4 Å². The van der Waals surface area contributed by atoms with E-state index in [9.17, 15) is 9.59 Å². The molecule has 0 bridgehead atoms. The summed E-state index contributed by atoms with van der Waals surface area (Å²) < 4.78 is 6.79. The summed E-state index contributed by atoms with van der Waals surface area (Å²) in [5, 5.41) is 0.740. The highest BCUT2D eigenvalue weighted by Gasteiger charge is 2.24. The lowest BCUT2D eigenvalue weighted by molar-refractivity contribution is -0.127. The number of hydrogen-bond acceptors (Lipinski definition) is 5. The Labute approximate surface area is 179 Å². The van der Waals surface area contributed by atoms with Gasteiger partial charge in [0.15, 0.2) is 10.8 Å². The van der Waals surface area contributed by atoms with E-state index in [2.05, 4.69) is 19.9 Å². The van der Waals surface area contributed by atoms with E-state index in [0.29, 0.717) is 23.6 Å². The number of hydrogen-bond donors (Lipinski definition) is 0. The number of thioether (sulfide) groups is 1. The molecule has 0 aliphatic carbocycles. The number of amidine groups is 1. The number of nitrogens with zero attached hydrogens (tertiary/aromatic N) is 3. The summed E-state index contributed by atoms with van der Waals surface area (Å²) in [7, 11) is 0. The molecular formula is C23H25N3O3S. The van der Waals surface area contributed by atoms with Gasteiger partial charge in [-0.05, 0) is 36.1 Å². The summed E-state index contributed by atoms with van der Waals surface area (Å²) in [6.07, 6.45) is 1.14. The van der Waals surface area contributed by atoms with Gasteiger partial charge in [0.05, 0.1) is 11.2 Å². The molecule has 1 fully saturated rings. The zero-order valence-corrected chi connectivity index (χ0v) is 18.0. The zero-order valence-electron chi connectivity index (χ0n) is 17.2. The van der Waals surface area contributed by atoms with E-state index in [-0.39, 0.29) is 18.9 Å². The van der Waals surface area contributed by atoms with Gasteiger partial charge >= 0.3 is 5.76 Å². The molecule has 0 atom stereocenters. The molecule has 1 aliphatic rings. The van der Waals surface area contributed by atoms with Gasteiger partial charge in [-0.2, -0.15) is 0 Å². The van der Waals surface area contributed by atoms with Crippen LogP contribution in [0.4, 0.5) is 5.69 Å². The van der Waals surface area contributed by atoms with Gasteiger partial charge < -0.3 is 4.42 Å². The van der Waals surface area contributed by atoms with Crippen LogP contribution in [0.5, 0.6) is 0 Å². The van der Waals surface area contributed by atoms with Crippen LogP contribution in [-0.4, -0.2) is 32.8 Å². The first-order valence-electron chi connectivity index (χ1n) is 10.2. The van der Waals surface area contributed by atoms with Crippen molar-refractivity contribution in [3.63, 3.8) is 0 Å². The number of benzene rings is 2. The Morgan fingerprint density at radius 1 is 1.17 bits per heavy atom. The molecular weight excluding hydrogens is 398 g/mol. The van der Waals surface area contributed by atoms with Gasteiger partial charge in [-0.25, -0.2) is 9.79 Å². The van der Waals surface area contributed by atoms with Crippen molar-refractivity contribution >= 4 is 39.6 Å². The largest absolute Gasteiger partial charge is 0.419 e. The monoisotopic (exact) mass is 423 g/mol. The van der Waals surface area contributed by atoms with Crippen LogP contribution in [0.3, 0.4) is 0 Å². The van der Waals surface area contributed by atoms with Gasteiger partial charge in [-0.1, -0.05) is 55.9 Å². The van der Waals surface area contributed by atoms with Crippen molar-refractivity contribution in [2.75, 3.05) is 12.3 Å². The summed E-state index contributed by atoms with van der Waals surface area (Å²) in [5.74, 6) is 0.833. The first-order valence-corrected chi connectivity index (χ1v) is 11.2. The predicted molar refractivity (Wildman–Crippen MR) is 122 cm³/mol. The number of aryl methyl sites for hydroxylation is 1. The topological polar surface area (TPSA) is 67.8 Å². The van der Waals surface area contributed by atoms with E-state index < -0.39 is 5.76 Å². The first-order chi connectivity index (χ1) is 14.5. The molecule has 7 heteroatoms. The van der Waals surface area contributed by atoms with Crippen LogP contribution in [-0.2, 0) is 11.3 Å². The first kappa shape index (κ1) is 20.5. The second-order valence-corrected chi connectivity index (χ2v) is 8.65. The van der Waals surface area contributed by atoms with Crippen LogP contribution in [0, 0.1) is 0 Å². The summed E-state index contributed by atoms with van der Waals surface area (Å²) in [6.45, 7) is 5.22. The molecule has 4 rings (SSSR count). The van der Waals surface area contributed by atoms with Gasteiger partial charge in [-0.15, -0.1) is 0 Å². The summed E-state index contributed by atoms with van der Waals surface area (Å²) >= 11 is 1.61. The van der Waals surface area contributed by atoms with E-state index in [0.717, 1.165) is 23.0 Å². The van der Waals surface area contributed by atoms with Gasteiger partial charge in [-0.3, -0.25) is 14.3 Å². The number of oxazole rings is 1. The van der Waals surface area contributed by atoms with Crippen LogP contribution in [0.15, 0.2) is 62.7 Å². The molecule has 0 saturated carbocycles. The Balaban J connectivity index is 1.55. The van der Waals surface area contributed by atoms with E-state index in [1.54, 1.807) is 22.7 Å². The standard InChI is InChI=1S/C23H25N3O3S/c1-16(2)17-8-3-4-9-18(17)24-22-26(13-7-15-30-22)21(27)12-14-25-19-10-5-6-11-20(19)29-23(25)28/h3-6,8-11,16H,7,12-15H2,1-2H3. The third kappa shape index (κ3) is 4.21. The van der Waals surface area contributed by atoms with Gasteiger partial charge in [0, 0.05) is 25.3 Å². The number of rotatable bonds is 5. The highest BCUT2D eigenvalue weighted by molar-refractivity contribution is 8.13. The van der Waals surface area contributed by atoms with Crippen LogP contribution in [0.25, 0.3) is 11.1 Å². The lowest BCUT2D eigenvalue weighted by Gasteiger charge is -2.28. The van der Waals surface area contributed by atoms with Crippen LogP contribution in [0.2, 0.25) is 0 Å². The second kappa shape index (κ2) is 8.92. The Morgan fingerprint density at radius 3 is 2.77 bits per heavy atom. The minimum Gasteiger partial charge on any atom is -0.408 e. The molecule has 2 heterocycles. The molecule has 1 aliphatic heterocycles. The van der Waals surface area contributed by atoms with Crippen molar-refractivity contribution in [3.8, 4) is 0 Å². The van der Waals surface area contributed by atoms with Gasteiger partial charge in [0.25, 0.3) is 0 Å². The Hall–Kier alpha value is -2.80. The van der Waals surface area contributed by atoms with Crippen LogP contribution < -0.4 is 5.76 Å². The molecule has 156 valence electrons. The second-order valence-electron chi connectivity index (χ2n) is 7.59. The maximum absolute atomic E-state index is 13.0. The minimum absolute atomic E-state index is 0.0276. The van der Waals surface area contributed by atoms with E-state index in [4.69, 9.17) is 9.41 Å². The van der Waals surface area contributed by atoms with Crippen LogP contribution >= 0.6 is 11.8 Å². The van der Waals surface area contributed by atoms with Crippen molar-refractivity contribution in [3.05, 3.63) is 64.6 Å². The van der Waals surface area contributed by atoms with Crippen molar-refractivity contribution in [2.24, 2.45) is 4.99 Å². The number of aromatic nitrogens is 1. The Bertz CT molecular complexity index is 1150. The summed E-state index contributed by atoms with van der Waals surface area (Å²) in [5.41, 5.74) is 3.32. The van der Waals surface area contributed by atoms with Crippen molar-refractivity contribution in [2.45, 2.75) is 39.2 Å². The van der Waals surface area contributed by atoms with Crippen molar-refractivity contribution < 1.29 is 9.21 Å². The molecule has 0 spiro atoms. The number of amides is 1. The number of para-hydroxylation sites is 3. The SMILES string of the molecule is CC(C)c1ccccc1N=C1SCCCN1C(=O)CCn1c(=O)oc2ccccc21. The highest BCUT2D eigenvalue weighted by atomic mass is 32.2. The fraction of sp³-hybridized carbons (Fsp3) is 0.348. The van der Waals surface area contributed by atoms with E-state index >= 15 is 0 Å². The Morgan fingerprint density at radius 2 is 1.93 bits per heavy atom. The molecule has 6 nitrogen and oxygen atoms in total. The smallest absolute Gasteiger partial charge is 0.408 e. The third-order valence-electron chi connectivity index (χ3n) is 5.19. The number of carbonyl (C=O) groups is 1. The summed E-state index contributed by atoms with van der Waals surface area (Å²) in [6, 6.07) is 15.3. The molecule has 1 amide bonds. The van der Waals surface area contributed by atoms with E-state index in [1.165, 1.54) is 10.1 Å². The minimum atomic E-state index is -0.434. The van der Waals surface area contributed by atoms with Gasteiger partial charge in [0.1, 0.15) is 0 Å². The maximum atomic E-state index is 13.0. The summed E-state index contributed by atoms with van der Waals surface area (Å²) in [4.78, 5) is 31.8. The van der Waals surface area contributed by atoms with Crippen molar-refractivity contribution in [1.29, 1.82) is 0 Å².